The molecule has 0 spiro atoms. The smallest absolute Gasteiger partial charge is 0.240 e. The Hall–Kier alpha value is -1.02. The van der Waals surface area contributed by atoms with E-state index in [-0.39, 0.29) is 9.88 Å². The van der Waals surface area contributed by atoms with Crippen molar-refractivity contribution in [2.45, 2.75) is 17.7 Å². The van der Waals surface area contributed by atoms with Crippen molar-refractivity contribution >= 4 is 27.2 Å². The van der Waals surface area contributed by atoms with Crippen LogP contribution in [0.15, 0.2) is 29.2 Å². The molecular weight excluding hydrogens is 306 g/mol. The van der Waals surface area contributed by atoms with Gasteiger partial charge in [0.25, 0.3) is 0 Å². The van der Waals surface area contributed by atoms with Crippen LogP contribution < -0.4 is 10.5 Å². The molecule has 0 unspecified atom stereocenters. The quantitative estimate of drug-likeness (QED) is 0.787. The fraction of sp³-hybridized carbons (Fsp3) is 0.500. The van der Waals surface area contributed by atoms with Gasteiger partial charge in [-0.05, 0) is 51.0 Å². The number of likely N-dealkylation sites (tertiary alicyclic amines) is 1. The van der Waals surface area contributed by atoms with Crippen LogP contribution in [0.1, 0.15) is 18.4 Å². The van der Waals surface area contributed by atoms with E-state index in [1.807, 2.05) is 0 Å². The predicted molar refractivity (Wildman–Crippen MR) is 87.7 cm³/mol. The fourth-order valence-corrected chi connectivity index (χ4v) is 3.63. The highest BCUT2D eigenvalue weighted by Gasteiger charge is 2.20. The maximum absolute atomic E-state index is 12.2. The van der Waals surface area contributed by atoms with Crippen molar-refractivity contribution in [3.63, 3.8) is 0 Å². The molecule has 0 aliphatic carbocycles. The van der Waals surface area contributed by atoms with Gasteiger partial charge in [-0.15, -0.1) is 0 Å². The molecule has 1 heterocycles. The van der Waals surface area contributed by atoms with Gasteiger partial charge in [0.2, 0.25) is 10.0 Å². The van der Waals surface area contributed by atoms with E-state index in [0.717, 1.165) is 25.9 Å². The number of sulfonamides is 1. The van der Waals surface area contributed by atoms with Crippen LogP contribution >= 0.6 is 12.2 Å². The molecular formula is C14H21N3O2S2. The first-order chi connectivity index (χ1) is 9.88. The molecule has 21 heavy (non-hydrogen) atoms. The molecule has 1 aliphatic rings. The molecule has 1 saturated heterocycles. The fourth-order valence-electron chi connectivity index (χ4n) is 2.38. The summed E-state index contributed by atoms with van der Waals surface area (Å²) < 4.78 is 27.2. The van der Waals surface area contributed by atoms with Gasteiger partial charge in [0.15, 0.2) is 0 Å². The molecule has 1 aromatic rings. The SMILES string of the molecule is CN1CCC(CNS(=O)(=O)c2ccc(C(N)=S)cc2)CC1. The summed E-state index contributed by atoms with van der Waals surface area (Å²) in [7, 11) is -1.38. The lowest BCUT2D eigenvalue weighted by molar-refractivity contribution is 0.220. The third kappa shape index (κ3) is 4.47. The molecule has 0 bridgehead atoms. The summed E-state index contributed by atoms with van der Waals surface area (Å²) in [6.07, 6.45) is 2.05. The summed E-state index contributed by atoms with van der Waals surface area (Å²) in [5, 5.41) is 0. The molecule has 0 saturated carbocycles. The van der Waals surface area contributed by atoms with Crippen LogP contribution in [0, 0.1) is 5.92 Å². The van der Waals surface area contributed by atoms with Gasteiger partial charge >= 0.3 is 0 Å². The van der Waals surface area contributed by atoms with E-state index in [4.69, 9.17) is 18.0 Å². The van der Waals surface area contributed by atoms with Gasteiger partial charge in [-0.3, -0.25) is 0 Å². The lowest BCUT2D eigenvalue weighted by Gasteiger charge is -2.28. The Bertz CT molecular complexity index is 591. The minimum atomic E-state index is -3.46. The monoisotopic (exact) mass is 327 g/mol. The first-order valence-electron chi connectivity index (χ1n) is 6.96. The van der Waals surface area contributed by atoms with E-state index in [0.29, 0.717) is 18.0 Å². The molecule has 1 aliphatic heterocycles. The number of hydrogen-bond acceptors (Lipinski definition) is 4. The summed E-state index contributed by atoms with van der Waals surface area (Å²) in [4.78, 5) is 2.77. The summed E-state index contributed by atoms with van der Waals surface area (Å²) in [6.45, 7) is 2.54. The van der Waals surface area contributed by atoms with Gasteiger partial charge in [0, 0.05) is 12.1 Å². The molecule has 5 nitrogen and oxygen atoms in total. The number of benzene rings is 1. The van der Waals surface area contributed by atoms with E-state index in [2.05, 4.69) is 16.7 Å². The first-order valence-corrected chi connectivity index (χ1v) is 8.86. The zero-order valence-corrected chi connectivity index (χ0v) is 13.7. The molecule has 116 valence electrons. The number of rotatable bonds is 5. The van der Waals surface area contributed by atoms with Crippen molar-refractivity contribution in [3.05, 3.63) is 29.8 Å². The Balaban J connectivity index is 1.96. The standard InChI is InChI=1S/C14H21N3O2S2/c1-17-8-6-11(7-9-17)10-16-21(18,19)13-4-2-12(3-5-13)14(15)20/h2-5,11,16H,6-10H2,1H3,(H2,15,20). The summed E-state index contributed by atoms with van der Waals surface area (Å²) in [6, 6.07) is 6.33. The molecule has 3 N–H and O–H groups in total. The van der Waals surface area contributed by atoms with E-state index >= 15 is 0 Å². The third-order valence-electron chi connectivity index (χ3n) is 3.85. The number of thiocarbonyl (C=S) groups is 1. The van der Waals surface area contributed by atoms with Crippen molar-refractivity contribution in [2.75, 3.05) is 26.7 Å². The molecule has 0 aromatic heterocycles. The first kappa shape index (κ1) is 16.4. The molecule has 0 radical (unpaired) electrons. The van der Waals surface area contributed by atoms with Gasteiger partial charge < -0.3 is 10.6 Å². The highest BCUT2D eigenvalue weighted by Crippen LogP contribution is 2.16. The molecule has 0 atom stereocenters. The zero-order chi connectivity index (χ0) is 15.5. The van der Waals surface area contributed by atoms with Crippen LogP contribution in [0.2, 0.25) is 0 Å². The van der Waals surface area contributed by atoms with Crippen molar-refractivity contribution in [3.8, 4) is 0 Å². The molecule has 7 heteroatoms. The number of nitrogens with zero attached hydrogens (tertiary/aromatic N) is 1. The second kappa shape index (κ2) is 6.83. The van der Waals surface area contributed by atoms with E-state index in [1.165, 1.54) is 12.1 Å². The van der Waals surface area contributed by atoms with Crippen LogP contribution in [0.3, 0.4) is 0 Å². The topological polar surface area (TPSA) is 75.4 Å². The lowest BCUT2D eigenvalue weighted by atomic mass is 9.98. The maximum atomic E-state index is 12.2. The summed E-state index contributed by atoms with van der Waals surface area (Å²) in [5.74, 6) is 0.409. The highest BCUT2D eigenvalue weighted by atomic mass is 32.2. The average molecular weight is 327 g/mol. The van der Waals surface area contributed by atoms with Gasteiger partial charge in [-0.2, -0.15) is 0 Å². The largest absolute Gasteiger partial charge is 0.389 e. The van der Waals surface area contributed by atoms with Crippen LogP contribution in [-0.4, -0.2) is 45.0 Å². The molecule has 2 rings (SSSR count). The lowest BCUT2D eigenvalue weighted by Crippen LogP contribution is -2.36. The van der Waals surface area contributed by atoms with Crippen LogP contribution in [0.25, 0.3) is 0 Å². The van der Waals surface area contributed by atoms with Crippen LogP contribution in [-0.2, 0) is 10.0 Å². The summed E-state index contributed by atoms with van der Waals surface area (Å²) >= 11 is 4.85. The molecule has 1 aromatic carbocycles. The second-order valence-corrected chi connectivity index (χ2v) is 7.69. The number of piperidine rings is 1. The average Bonchev–Trinajstić information content (AvgIpc) is 2.47. The van der Waals surface area contributed by atoms with Gasteiger partial charge in [-0.25, -0.2) is 13.1 Å². The predicted octanol–water partition coefficient (Wildman–Crippen LogP) is 0.941. The zero-order valence-electron chi connectivity index (χ0n) is 12.1. The van der Waals surface area contributed by atoms with E-state index < -0.39 is 10.0 Å². The second-order valence-electron chi connectivity index (χ2n) is 5.49. The molecule has 1 fully saturated rings. The van der Waals surface area contributed by atoms with Crippen LogP contribution in [0.5, 0.6) is 0 Å². The van der Waals surface area contributed by atoms with Crippen LogP contribution in [0.4, 0.5) is 0 Å². The number of nitrogens with two attached hydrogens (primary N) is 1. The van der Waals surface area contributed by atoms with Crippen molar-refractivity contribution in [1.29, 1.82) is 0 Å². The van der Waals surface area contributed by atoms with Crippen molar-refractivity contribution < 1.29 is 8.42 Å². The van der Waals surface area contributed by atoms with E-state index in [1.54, 1.807) is 12.1 Å². The minimum Gasteiger partial charge on any atom is -0.389 e. The number of nitrogens with one attached hydrogen (secondary N) is 1. The van der Waals surface area contributed by atoms with Gasteiger partial charge in [-0.1, -0.05) is 24.4 Å². The maximum Gasteiger partial charge on any atom is 0.240 e. The highest BCUT2D eigenvalue weighted by molar-refractivity contribution is 7.89. The van der Waals surface area contributed by atoms with Crippen molar-refractivity contribution in [1.82, 2.24) is 9.62 Å². The third-order valence-corrected chi connectivity index (χ3v) is 5.52. The Kier molecular flexibility index (Phi) is 5.32. The Morgan fingerprint density at radius 2 is 1.90 bits per heavy atom. The molecule has 0 amide bonds. The van der Waals surface area contributed by atoms with Gasteiger partial charge in [0.1, 0.15) is 4.99 Å². The Morgan fingerprint density at radius 1 is 1.33 bits per heavy atom. The normalized spacial score (nSPS) is 17.8. The Labute approximate surface area is 131 Å². The Morgan fingerprint density at radius 3 is 2.43 bits per heavy atom. The number of hydrogen-bond donors (Lipinski definition) is 2. The van der Waals surface area contributed by atoms with E-state index in [9.17, 15) is 8.42 Å². The minimum absolute atomic E-state index is 0.246. The van der Waals surface area contributed by atoms with Gasteiger partial charge in [0.05, 0.1) is 4.90 Å². The van der Waals surface area contributed by atoms with Crippen molar-refractivity contribution in [2.24, 2.45) is 11.7 Å². The summed E-state index contributed by atoms with van der Waals surface area (Å²) in [5.41, 5.74) is 6.17.